The second-order valence-corrected chi connectivity index (χ2v) is 29.1. The van der Waals surface area contributed by atoms with E-state index in [-0.39, 0.29) is 46.2 Å². The van der Waals surface area contributed by atoms with Gasteiger partial charge >= 0.3 is 0 Å². The van der Waals surface area contributed by atoms with Crippen molar-refractivity contribution in [1.82, 2.24) is 29.9 Å². The SMILES string of the molecule is [2H]c1c([2H])c([2H])c(-c2nc(-c3ccc4c(c3)C3(c5ccccc5-c5ccccc5-4)c4ccccc4-c4c3ccc3oc5ccccc5c43)nc(-c3c([2H])c([2H])c([2H])c(C)c3[2H])n2)c([2H])c1[2H].c1ccc(-c2nc(-c3ccccc3)nc(-c3ccc4c(c3)C3(c5ccccc5-c5ccccc5-4)c4ccccc4-c4c3ccc3oc5ccccc5c43)n2)cc1. The molecule has 4 heterocycles. The van der Waals surface area contributed by atoms with Gasteiger partial charge in [0.25, 0.3) is 0 Å². The van der Waals surface area contributed by atoms with E-state index < -0.39 is 53.1 Å². The van der Waals surface area contributed by atoms with Crippen molar-refractivity contribution in [2.45, 2.75) is 17.8 Å². The smallest absolute Gasteiger partial charge is 0.164 e. The van der Waals surface area contributed by atoms with Crippen LogP contribution in [-0.2, 0) is 10.8 Å². The molecule has 8 nitrogen and oxygen atoms in total. The van der Waals surface area contributed by atoms with Crippen LogP contribution in [0.1, 0.15) is 62.4 Å². The Labute approximate surface area is 664 Å². The summed E-state index contributed by atoms with van der Waals surface area (Å²) in [5, 5.41) is 4.28. The van der Waals surface area contributed by atoms with E-state index >= 15 is 0 Å². The first-order chi connectivity index (χ1) is 59.7. The third-order valence-electron chi connectivity index (χ3n) is 23.2. The topological polar surface area (TPSA) is 104 Å². The van der Waals surface area contributed by atoms with Crippen LogP contribution >= 0.6 is 0 Å². The zero-order chi connectivity index (χ0) is 82.3. The Balaban J connectivity index is 0.000000143. The van der Waals surface area contributed by atoms with Crippen molar-refractivity contribution in [2.24, 2.45) is 0 Å². The van der Waals surface area contributed by atoms with Gasteiger partial charge in [0, 0.05) is 54.9 Å². The highest BCUT2D eigenvalue weighted by atomic mass is 16.3. The lowest BCUT2D eigenvalue weighted by Crippen LogP contribution is -2.29. The molecule has 0 bridgehead atoms. The molecule has 0 radical (unpaired) electrons. The molecule has 4 aromatic heterocycles. The Morgan fingerprint density at radius 2 is 0.575 bits per heavy atom. The second kappa shape index (κ2) is 25.1. The lowest BCUT2D eigenvalue weighted by Gasteiger charge is -2.35. The van der Waals surface area contributed by atoms with Crippen LogP contribution in [0.2, 0.25) is 0 Å². The Morgan fingerprint density at radius 1 is 0.239 bits per heavy atom. The van der Waals surface area contributed by atoms with Gasteiger partial charge in [-0.1, -0.05) is 333 Å². The van der Waals surface area contributed by atoms with E-state index in [2.05, 4.69) is 236 Å². The van der Waals surface area contributed by atoms with Crippen LogP contribution < -0.4 is 0 Å². The number of fused-ring (bicyclic) bond motifs is 32. The summed E-state index contributed by atoms with van der Waals surface area (Å²) >= 11 is 0. The van der Waals surface area contributed by atoms with E-state index in [0.717, 1.165) is 116 Å². The van der Waals surface area contributed by atoms with Gasteiger partial charge < -0.3 is 8.83 Å². The molecule has 24 rings (SSSR count). The molecule has 0 amide bonds. The Hall–Kier alpha value is -14.9. The third-order valence-corrected chi connectivity index (χ3v) is 23.2. The van der Waals surface area contributed by atoms with Crippen molar-refractivity contribution < 1.29 is 21.2 Å². The summed E-state index contributed by atoms with van der Waals surface area (Å²) < 4.78 is 91.3. The highest BCUT2D eigenvalue weighted by Crippen LogP contribution is 2.66. The first-order valence-corrected chi connectivity index (χ1v) is 37.7. The third kappa shape index (κ3) is 9.57. The van der Waals surface area contributed by atoms with Crippen molar-refractivity contribution in [3.63, 3.8) is 0 Å². The molecule has 2 spiro atoms. The Morgan fingerprint density at radius 3 is 1.02 bits per heavy atom. The fourth-order valence-electron chi connectivity index (χ4n) is 18.6. The predicted octanol–water partition coefficient (Wildman–Crippen LogP) is 25.9. The molecule has 0 saturated heterocycles. The maximum atomic E-state index is 9.08. The molecule has 4 aliphatic carbocycles. The fraction of sp³-hybridized carbons (Fsp3) is 0.0286. The van der Waals surface area contributed by atoms with E-state index in [1.165, 1.54) is 62.6 Å². The minimum atomic E-state index is -0.949. The van der Waals surface area contributed by atoms with E-state index in [0.29, 0.717) is 23.0 Å². The number of hydrogen-bond acceptors (Lipinski definition) is 8. The van der Waals surface area contributed by atoms with Crippen LogP contribution in [-0.4, -0.2) is 29.9 Å². The fourth-order valence-corrected chi connectivity index (χ4v) is 18.6. The first-order valence-electron chi connectivity index (χ1n) is 42.2. The number of para-hydroxylation sites is 2. The standard InChI is InChI=1S/C53H33N3O.C52H31N3O/c1-32-14-13-17-34(30-32)51-54-50(33-15-3-2-4-16-33)55-52(56-51)35-26-27-39-37-19-6-5-18-36(37)38-20-7-10-23-42(38)53(45(39)31-35)43-24-11-8-21-40(43)48-44(53)28-29-47-49(48)41-22-9-12-25-46(41)57-47;1-3-15-32(16-4-1)49-53-50(33-17-5-2-6-18-33)55-51(54-49)34-27-28-38-36-20-8-7-19-35(36)37-21-9-12-24-41(37)52(44(38)31-34)42-25-13-10-22-39(42)47-43(52)29-30-46-48(47)40-23-11-14-26-45(40)56-46/h2-31H,1H3;1-31H/i2D,3D,4D,13D,14D,15D,16D,17D,30D;. The van der Waals surface area contributed by atoms with Crippen LogP contribution in [0.25, 0.3) is 179 Å². The van der Waals surface area contributed by atoms with Crippen LogP contribution in [0.15, 0.2) is 379 Å². The largest absolute Gasteiger partial charge is 0.456 e. The van der Waals surface area contributed by atoms with Gasteiger partial charge in [0.05, 0.1) is 23.2 Å². The molecule has 16 aromatic carbocycles. The molecule has 2 unspecified atom stereocenters. The predicted molar refractivity (Wildman–Crippen MR) is 455 cm³/mol. The van der Waals surface area contributed by atoms with Gasteiger partial charge in [-0.15, -0.1) is 0 Å². The number of benzene rings is 16. The molecule has 0 aliphatic heterocycles. The number of nitrogens with zero attached hydrogens (tertiary/aromatic N) is 6. The van der Waals surface area contributed by atoms with Crippen molar-refractivity contribution in [3.8, 4) is 135 Å². The molecule has 8 heteroatoms. The monoisotopic (exact) mass is 1450 g/mol. The summed E-state index contributed by atoms with van der Waals surface area (Å²) in [7, 11) is 0. The van der Waals surface area contributed by atoms with Crippen molar-refractivity contribution >= 4 is 43.9 Å². The molecular formula is C105H64N6O2. The molecule has 0 saturated carbocycles. The quantitative estimate of drug-likeness (QED) is 0.162. The second-order valence-electron chi connectivity index (χ2n) is 29.1. The van der Waals surface area contributed by atoms with Crippen LogP contribution in [0.5, 0.6) is 0 Å². The maximum absolute atomic E-state index is 9.08. The van der Waals surface area contributed by atoms with Crippen molar-refractivity contribution in [2.75, 3.05) is 0 Å². The molecule has 526 valence electrons. The van der Waals surface area contributed by atoms with Crippen LogP contribution in [0.3, 0.4) is 0 Å². The van der Waals surface area contributed by atoms with Crippen molar-refractivity contribution in [3.05, 3.63) is 420 Å². The highest BCUT2D eigenvalue weighted by molar-refractivity contribution is 6.18. The normalized spacial score (nSPS) is 16.0. The zero-order valence-corrected chi connectivity index (χ0v) is 60.5. The molecule has 113 heavy (non-hydrogen) atoms. The van der Waals surface area contributed by atoms with Gasteiger partial charge in [-0.05, 0) is 161 Å². The number of aromatic nitrogens is 6. The van der Waals surface area contributed by atoms with Gasteiger partial charge in [-0.3, -0.25) is 0 Å². The Kier molecular flexibility index (Phi) is 12.3. The zero-order valence-electron chi connectivity index (χ0n) is 69.5. The molecule has 4 aliphatic rings. The maximum Gasteiger partial charge on any atom is 0.164 e. The van der Waals surface area contributed by atoms with Gasteiger partial charge in [0.1, 0.15) is 22.3 Å². The number of furan rings is 2. The number of rotatable bonds is 6. The summed E-state index contributed by atoms with van der Waals surface area (Å²) in [6.45, 7) is 1.52. The lowest BCUT2D eigenvalue weighted by atomic mass is 9.65. The Bertz CT molecular complexity index is 7740. The average Bonchev–Trinajstić information content (AvgIpc) is 1.51. The summed E-state index contributed by atoms with van der Waals surface area (Å²) in [5.41, 5.74) is 27.1. The van der Waals surface area contributed by atoms with E-state index in [9.17, 15) is 0 Å². The van der Waals surface area contributed by atoms with Gasteiger partial charge in [0.15, 0.2) is 34.9 Å². The van der Waals surface area contributed by atoms with E-state index in [1.54, 1.807) is 0 Å². The molecule has 20 aromatic rings. The van der Waals surface area contributed by atoms with Crippen LogP contribution in [0.4, 0.5) is 0 Å². The molecule has 2 atom stereocenters. The molecule has 0 fully saturated rings. The minimum Gasteiger partial charge on any atom is -0.456 e. The van der Waals surface area contributed by atoms with Crippen LogP contribution in [0, 0.1) is 6.92 Å². The molecule has 0 N–H and O–H groups in total. The average molecular weight is 1450 g/mol. The summed E-state index contributed by atoms with van der Waals surface area (Å²) in [4.78, 5) is 29.8. The van der Waals surface area contributed by atoms with Gasteiger partial charge in [-0.2, -0.15) is 0 Å². The number of hydrogen-bond donors (Lipinski definition) is 0. The van der Waals surface area contributed by atoms with E-state index in [4.69, 9.17) is 46.1 Å². The summed E-state index contributed by atoms with van der Waals surface area (Å²) in [5.74, 6) is 1.48. The molecular weight excluding hydrogens is 1380 g/mol. The first kappa shape index (κ1) is 55.5. The van der Waals surface area contributed by atoms with Gasteiger partial charge in [-0.25, -0.2) is 29.9 Å². The van der Waals surface area contributed by atoms with Gasteiger partial charge in [0.2, 0.25) is 0 Å². The highest BCUT2D eigenvalue weighted by Gasteiger charge is 2.53. The summed E-state index contributed by atoms with van der Waals surface area (Å²) in [6, 6.07) is 106. The van der Waals surface area contributed by atoms with E-state index in [1.807, 2.05) is 84.9 Å². The minimum absolute atomic E-state index is 0.0475. The lowest BCUT2D eigenvalue weighted by molar-refractivity contribution is 0.668. The summed E-state index contributed by atoms with van der Waals surface area (Å²) in [6.07, 6.45) is 0. The van der Waals surface area contributed by atoms with Crippen molar-refractivity contribution in [1.29, 1.82) is 0 Å².